The molecule has 1 aromatic rings. The van der Waals surface area contributed by atoms with Crippen LogP contribution in [0.3, 0.4) is 0 Å². The standard InChI is InChI=1S/C14H16N2O3/c1-2-19-13(17)10-16-14(18)12-8-4-3-6-11(12)7-5-9-15/h3-4,6,8H,2,9-10,15H2,1H3,(H,16,18). The van der Waals surface area contributed by atoms with E-state index in [0.29, 0.717) is 11.1 Å². The van der Waals surface area contributed by atoms with Crippen LogP contribution in [0.4, 0.5) is 0 Å². The predicted octanol–water partition coefficient (Wildman–Crippen LogP) is 0.290. The van der Waals surface area contributed by atoms with Gasteiger partial charge in [-0.2, -0.15) is 0 Å². The first-order valence-corrected chi connectivity index (χ1v) is 5.90. The van der Waals surface area contributed by atoms with Crippen LogP contribution in [0.15, 0.2) is 24.3 Å². The molecule has 100 valence electrons. The van der Waals surface area contributed by atoms with Crippen LogP contribution in [0, 0.1) is 11.8 Å². The zero-order valence-electron chi connectivity index (χ0n) is 10.7. The van der Waals surface area contributed by atoms with Gasteiger partial charge in [-0.25, -0.2) is 0 Å². The van der Waals surface area contributed by atoms with Crippen molar-refractivity contribution in [1.82, 2.24) is 5.32 Å². The van der Waals surface area contributed by atoms with Gasteiger partial charge in [0, 0.05) is 5.56 Å². The molecule has 1 aromatic carbocycles. The summed E-state index contributed by atoms with van der Waals surface area (Å²) in [5.74, 6) is 4.67. The second-order valence-electron chi connectivity index (χ2n) is 3.54. The summed E-state index contributed by atoms with van der Waals surface area (Å²) in [6, 6.07) is 6.87. The molecule has 0 unspecified atom stereocenters. The van der Waals surface area contributed by atoms with Gasteiger partial charge >= 0.3 is 5.97 Å². The van der Waals surface area contributed by atoms with E-state index in [1.54, 1.807) is 31.2 Å². The maximum Gasteiger partial charge on any atom is 0.325 e. The predicted molar refractivity (Wildman–Crippen MR) is 71.3 cm³/mol. The van der Waals surface area contributed by atoms with Crippen molar-refractivity contribution in [2.24, 2.45) is 5.73 Å². The number of amides is 1. The molecule has 0 aliphatic carbocycles. The highest BCUT2D eigenvalue weighted by Gasteiger charge is 2.11. The number of hydrogen-bond donors (Lipinski definition) is 2. The van der Waals surface area contributed by atoms with Gasteiger partial charge in [0.05, 0.1) is 18.7 Å². The monoisotopic (exact) mass is 260 g/mol. The van der Waals surface area contributed by atoms with Crippen LogP contribution in [-0.4, -0.2) is 31.6 Å². The minimum Gasteiger partial charge on any atom is -0.465 e. The average Bonchev–Trinajstić information content (AvgIpc) is 2.43. The van der Waals surface area contributed by atoms with Gasteiger partial charge in [0.15, 0.2) is 0 Å². The van der Waals surface area contributed by atoms with Gasteiger partial charge in [-0.1, -0.05) is 24.0 Å². The van der Waals surface area contributed by atoms with Crippen molar-refractivity contribution in [2.45, 2.75) is 6.92 Å². The molecule has 19 heavy (non-hydrogen) atoms. The summed E-state index contributed by atoms with van der Waals surface area (Å²) in [6.07, 6.45) is 0. The summed E-state index contributed by atoms with van der Waals surface area (Å²) in [4.78, 5) is 23.1. The van der Waals surface area contributed by atoms with Crippen LogP contribution >= 0.6 is 0 Å². The largest absolute Gasteiger partial charge is 0.465 e. The number of nitrogens with two attached hydrogens (primary N) is 1. The zero-order valence-corrected chi connectivity index (χ0v) is 10.7. The Morgan fingerprint density at radius 3 is 2.79 bits per heavy atom. The maximum atomic E-state index is 11.9. The molecule has 0 spiro atoms. The normalized spacial score (nSPS) is 9.16. The Morgan fingerprint density at radius 1 is 1.37 bits per heavy atom. The minimum atomic E-state index is -0.471. The van der Waals surface area contributed by atoms with E-state index in [1.165, 1.54) is 0 Å². The maximum absolute atomic E-state index is 11.9. The van der Waals surface area contributed by atoms with Gasteiger partial charge in [0.25, 0.3) is 5.91 Å². The molecule has 3 N–H and O–H groups in total. The van der Waals surface area contributed by atoms with Crippen molar-refractivity contribution in [3.05, 3.63) is 35.4 Å². The molecule has 0 fully saturated rings. The lowest BCUT2D eigenvalue weighted by Crippen LogP contribution is -2.31. The molecule has 1 amide bonds. The van der Waals surface area contributed by atoms with E-state index in [1.807, 2.05) is 0 Å². The van der Waals surface area contributed by atoms with Crippen LogP contribution in [0.1, 0.15) is 22.8 Å². The van der Waals surface area contributed by atoms with Crippen molar-refractivity contribution in [1.29, 1.82) is 0 Å². The summed E-state index contributed by atoms with van der Waals surface area (Å²) < 4.78 is 4.73. The molecule has 0 atom stereocenters. The smallest absolute Gasteiger partial charge is 0.325 e. The first-order chi connectivity index (χ1) is 9.19. The summed E-state index contributed by atoms with van der Waals surface area (Å²) in [5.41, 5.74) is 6.29. The van der Waals surface area contributed by atoms with Crippen LogP contribution in [0.25, 0.3) is 0 Å². The van der Waals surface area contributed by atoms with Crippen molar-refractivity contribution in [3.63, 3.8) is 0 Å². The van der Waals surface area contributed by atoms with E-state index >= 15 is 0 Å². The fraction of sp³-hybridized carbons (Fsp3) is 0.286. The van der Waals surface area contributed by atoms with Gasteiger partial charge in [0.1, 0.15) is 6.54 Å². The molecule has 0 bridgehead atoms. The molecule has 0 radical (unpaired) electrons. The number of benzene rings is 1. The van der Waals surface area contributed by atoms with Crippen LogP contribution in [-0.2, 0) is 9.53 Å². The number of nitrogens with one attached hydrogen (secondary N) is 1. The number of carbonyl (C=O) groups is 2. The summed E-state index contributed by atoms with van der Waals surface area (Å²) in [6.45, 7) is 2.05. The van der Waals surface area contributed by atoms with E-state index in [2.05, 4.69) is 17.2 Å². The lowest BCUT2D eigenvalue weighted by molar-refractivity contribution is -0.141. The average molecular weight is 260 g/mol. The third kappa shape index (κ3) is 4.82. The van der Waals surface area contributed by atoms with Crippen LogP contribution in [0.5, 0.6) is 0 Å². The highest BCUT2D eigenvalue weighted by atomic mass is 16.5. The Balaban J connectivity index is 2.74. The summed E-state index contributed by atoms with van der Waals surface area (Å²) >= 11 is 0. The SMILES string of the molecule is CCOC(=O)CNC(=O)c1ccccc1C#CCN. The Kier molecular flexibility index (Phi) is 6.13. The van der Waals surface area contributed by atoms with Gasteiger partial charge in [-0.05, 0) is 19.1 Å². The van der Waals surface area contributed by atoms with Crippen molar-refractivity contribution < 1.29 is 14.3 Å². The Morgan fingerprint density at radius 2 is 2.11 bits per heavy atom. The lowest BCUT2D eigenvalue weighted by atomic mass is 10.1. The molecule has 0 saturated carbocycles. The van der Waals surface area contributed by atoms with E-state index < -0.39 is 5.97 Å². The Hall–Kier alpha value is -2.32. The van der Waals surface area contributed by atoms with Crippen LogP contribution in [0.2, 0.25) is 0 Å². The molecule has 0 aliphatic heterocycles. The first-order valence-electron chi connectivity index (χ1n) is 5.90. The molecule has 0 heterocycles. The summed E-state index contributed by atoms with van der Waals surface area (Å²) in [5, 5.41) is 2.49. The van der Waals surface area contributed by atoms with Gasteiger partial charge in [0.2, 0.25) is 0 Å². The number of esters is 1. The summed E-state index contributed by atoms with van der Waals surface area (Å²) in [7, 11) is 0. The molecular weight excluding hydrogens is 244 g/mol. The second kappa shape index (κ2) is 7.90. The highest BCUT2D eigenvalue weighted by Crippen LogP contribution is 2.06. The number of rotatable bonds is 4. The molecule has 0 aliphatic rings. The number of carbonyl (C=O) groups excluding carboxylic acids is 2. The molecule has 0 aromatic heterocycles. The van der Waals surface area contributed by atoms with E-state index in [9.17, 15) is 9.59 Å². The van der Waals surface area contributed by atoms with Gasteiger partial charge < -0.3 is 15.8 Å². The van der Waals surface area contributed by atoms with E-state index in [-0.39, 0.29) is 25.6 Å². The highest BCUT2D eigenvalue weighted by molar-refractivity contribution is 5.98. The zero-order chi connectivity index (χ0) is 14.1. The molecule has 1 rings (SSSR count). The second-order valence-corrected chi connectivity index (χ2v) is 3.54. The Bertz CT molecular complexity index is 515. The minimum absolute atomic E-state index is 0.161. The van der Waals surface area contributed by atoms with E-state index in [4.69, 9.17) is 10.5 Å². The van der Waals surface area contributed by atoms with E-state index in [0.717, 1.165) is 0 Å². The molecule has 5 nitrogen and oxygen atoms in total. The van der Waals surface area contributed by atoms with Crippen molar-refractivity contribution >= 4 is 11.9 Å². The fourth-order valence-electron chi connectivity index (χ4n) is 1.40. The number of ether oxygens (including phenoxy) is 1. The lowest BCUT2D eigenvalue weighted by Gasteiger charge is -2.06. The van der Waals surface area contributed by atoms with Gasteiger partial charge in [-0.15, -0.1) is 0 Å². The number of hydrogen-bond acceptors (Lipinski definition) is 4. The first kappa shape index (κ1) is 14.7. The fourth-order valence-corrected chi connectivity index (χ4v) is 1.40. The topological polar surface area (TPSA) is 81.4 Å². The molecule has 0 saturated heterocycles. The van der Waals surface area contributed by atoms with Crippen molar-refractivity contribution in [3.8, 4) is 11.8 Å². The third-order valence-corrected chi connectivity index (χ3v) is 2.20. The molecule has 5 heteroatoms. The molecular formula is C14H16N2O3. The quantitative estimate of drug-likeness (QED) is 0.602. The van der Waals surface area contributed by atoms with Gasteiger partial charge in [-0.3, -0.25) is 9.59 Å². The Labute approximate surface area is 112 Å². The third-order valence-electron chi connectivity index (χ3n) is 2.20. The van der Waals surface area contributed by atoms with Crippen molar-refractivity contribution in [2.75, 3.05) is 19.7 Å². The van der Waals surface area contributed by atoms with Crippen LogP contribution < -0.4 is 11.1 Å².